The summed E-state index contributed by atoms with van der Waals surface area (Å²) < 4.78 is 26.3. The number of guanidine groups is 1. The van der Waals surface area contributed by atoms with Gasteiger partial charge in [-0.2, -0.15) is 0 Å². The quantitative estimate of drug-likeness (QED) is 0.619. The third kappa shape index (κ3) is 5.74. The number of piperidine rings is 1. The largest absolute Gasteiger partial charge is 0.356 e. The molecule has 1 aromatic rings. The molecule has 0 saturated carbocycles. The molecule has 0 bridgehead atoms. The minimum Gasteiger partial charge on any atom is -0.356 e. The van der Waals surface area contributed by atoms with Gasteiger partial charge in [-0.25, -0.2) is 8.78 Å². The Morgan fingerprint density at radius 3 is 2.58 bits per heavy atom. The Morgan fingerprint density at radius 1 is 1.17 bits per heavy atom. The molecule has 1 aromatic carbocycles. The Hall–Kier alpha value is -1.69. The molecule has 2 N–H and O–H groups in total. The van der Waals surface area contributed by atoms with Crippen LogP contribution in [0.5, 0.6) is 0 Å². The highest BCUT2D eigenvalue weighted by Gasteiger charge is 2.11. The number of likely N-dealkylation sites (tertiary alicyclic amines) is 1. The van der Waals surface area contributed by atoms with Crippen LogP contribution in [0.2, 0.25) is 0 Å². The molecule has 134 valence electrons. The Balaban J connectivity index is 1.73. The maximum absolute atomic E-state index is 13.3. The summed E-state index contributed by atoms with van der Waals surface area (Å²) in [5, 5.41) is 6.55. The van der Waals surface area contributed by atoms with Gasteiger partial charge in [0.05, 0.1) is 0 Å². The van der Waals surface area contributed by atoms with E-state index < -0.39 is 11.6 Å². The van der Waals surface area contributed by atoms with Crippen molar-refractivity contribution in [3.63, 3.8) is 0 Å². The molecule has 0 aliphatic carbocycles. The number of benzene rings is 1. The maximum Gasteiger partial charge on any atom is 0.191 e. The van der Waals surface area contributed by atoms with Crippen LogP contribution in [0, 0.1) is 11.6 Å². The van der Waals surface area contributed by atoms with Crippen molar-refractivity contribution in [3.8, 4) is 0 Å². The molecule has 1 aliphatic heterocycles. The zero-order valence-electron chi connectivity index (χ0n) is 14.6. The van der Waals surface area contributed by atoms with Gasteiger partial charge in [-0.05, 0) is 49.5 Å². The van der Waals surface area contributed by atoms with E-state index in [1.54, 1.807) is 13.1 Å². The zero-order chi connectivity index (χ0) is 17.4. The van der Waals surface area contributed by atoms with Crippen LogP contribution in [0.25, 0.3) is 0 Å². The molecule has 0 radical (unpaired) electrons. The summed E-state index contributed by atoms with van der Waals surface area (Å²) in [5.41, 5.74) is 0.769. The van der Waals surface area contributed by atoms with E-state index >= 15 is 0 Å². The predicted molar refractivity (Wildman–Crippen MR) is 94.4 cm³/mol. The molecule has 1 aliphatic rings. The first kappa shape index (κ1) is 18.6. The molecule has 4 nitrogen and oxygen atoms in total. The molecule has 1 unspecified atom stereocenters. The number of halogens is 2. The average Bonchev–Trinajstić information content (AvgIpc) is 2.61. The van der Waals surface area contributed by atoms with Crippen LogP contribution in [0.1, 0.15) is 37.7 Å². The van der Waals surface area contributed by atoms with Gasteiger partial charge < -0.3 is 15.5 Å². The second-order valence-corrected chi connectivity index (χ2v) is 6.36. The number of rotatable bonds is 6. The number of nitrogens with one attached hydrogen (secondary N) is 2. The fourth-order valence-corrected chi connectivity index (χ4v) is 2.92. The van der Waals surface area contributed by atoms with Crippen LogP contribution in [0.4, 0.5) is 8.78 Å². The first-order valence-corrected chi connectivity index (χ1v) is 8.72. The number of hydrogen-bond donors (Lipinski definition) is 2. The van der Waals surface area contributed by atoms with Crippen molar-refractivity contribution >= 4 is 5.96 Å². The summed E-state index contributed by atoms with van der Waals surface area (Å²) >= 11 is 0. The van der Waals surface area contributed by atoms with E-state index in [0.717, 1.165) is 24.6 Å². The highest BCUT2D eigenvalue weighted by atomic mass is 19.2. The number of aliphatic imine (C=N–C) groups is 1. The Bertz CT molecular complexity index is 542. The van der Waals surface area contributed by atoms with Gasteiger partial charge in [0.15, 0.2) is 17.6 Å². The predicted octanol–water partition coefficient (Wildman–Crippen LogP) is 2.72. The van der Waals surface area contributed by atoms with Crippen LogP contribution < -0.4 is 10.6 Å². The Labute approximate surface area is 143 Å². The van der Waals surface area contributed by atoms with Crippen LogP contribution in [-0.4, -0.2) is 50.6 Å². The second-order valence-electron chi connectivity index (χ2n) is 6.36. The maximum atomic E-state index is 13.3. The lowest BCUT2D eigenvalue weighted by Gasteiger charge is -2.26. The first-order valence-electron chi connectivity index (χ1n) is 8.72. The summed E-state index contributed by atoms with van der Waals surface area (Å²) in [6.45, 7) is 6.80. The monoisotopic (exact) mass is 338 g/mol. The van der Waals surface area contributed by atoms with Gasteiger partial charge in [-0.1, -0.05) is 19.4 Å². The smallest absolute Gasteiger partial charge is 0.191 e. The first-order chi connectivity index (χ1) is 11.6. The molecule has 1 heterocycles. The van der Waals surface area contributed by atoms with E-state index in [1.807, 2.05) is 6.92 Å². The van der Waals surface area contributed by atoms with E-state index in [1.165, 1.54) is 44.5 Å². The summed E-state index contributed by atoms with van der Waals surface area (Å²) in [5.74, 6) is -0.820. The molecular weight excluding hydrogens is 310 g/mol. The Morgan fingerprint density at radius 2 is 1.92 bits per heavy atom. The summed E-state index contributed by atoms with van der Waals surface area (Å²) in [7, 11) is 1.73. The molecule has 1 atom stereocenters. The van der Waals surface area contributed by atoms with Crippen LogP contribution in [0.3, 0.4) is 0 Å². The van der Waals surface area contributed by atoms with Crippen molar-refractivity contribution in [3.05, 3.63) is 35.4 Å². The Kier molecular flexibility index (Phi) is 7.43. The van der Waals surface area contributed by atoms with Crippen molar-refractivity contribution in [2.24, 2.45) is 4.99 Å². The van der Waals surface area contributed by atoms with Gasteiger partial charge >= 0.3 is 0 Å². The molecule has 1 saturated heterocycles. The average molecular weight is 338 g/mol. The molecule has 2 rings (SSSR count). The van der Waals surface area contributed by atoms with E-state index in [0.29, 0.717) is 6.54 Å². The molecular formula is C18H28F2N4. The fourth-order valence-electron chi connectivity index (χ4n) is 2.92. The number of nitrogens with zero attached hydrogens (tertiary/aromatic N) is 2. The molecule has 24 heavy (non-hydrogen) atoms. The second kappa shape index (κ2) is 9.57. The van der Waals surface area contributed by atoms with E-state index in [2.05, 4.69) is 20.5 Å². The summed E-state index contributed by atoms with van der Waals surface area (Å²) in [4.78, 5) is 6.68. The molecule has 1 fully saturated rings. The third-order valence-corrected chi connectivity index (χ3v) is 4.48. The van der Waals surface area contributed by atoms with Gasteiger partial charge in [-0.3, -0.25) is 4.99 Å². The fraction of sp³-hybridized carbons (Fsp3) is 0.611. The highest BCUT2D eigenvalue weighted by molar-refractivity contribution is 5.79. The molecule has 0 amide bonds. The van der Waals surface area contributed by atoms with Gasteiger partial charge in [0, 0.05) is 26.7 Å². The van der Waals surface area contributed by atoms with Crippen molar-refractivity contribution < 1.29 is 8.78 Å². The molecule has 6 heteroatoms. The summed E-state index contributed by atoms with van der Waals surface area (Å²) in [6, 6.07) is 4.05. The van der Waals surface area contributed by atoms with E-state index in [4.69, 9.17) is 0 Å². The normalized spacial score (nSPS) is 17.6. The van der Waals surface area contributed by atoms with Crippen molar-refractivity contribution in [1.29, 1.82) is 0 Å². The van der Waals surface area contributed by atoms with Crippen molar-refractivity contribution in [2.45, 2.75) is 32.1 Å². The molecule has 0 aromatic heterocycles. The summed E-state index contributed by atoms with van der Waals surface area (Å²) in [6.07, 6.45) is 3.92. The van der Waals surface area contributed by atoms with Crippen LogP contribution >= 0.6 is 0 Å². The van der Waals surface area contributed by atoms with Gasteiger partial charge in [0.1, 0.15) is 0 Å². The third-order valence-electron chi connectivity index (χ3n) is 4.48. The van der Waals surface area contributed by atoms with E-state index in [9.17, 15) is 8.78 Å². The standard InChI is InChI=1S/C18H28F2N4/c1-14(15-6-7-16(19)17(20)12-15)13-23-18(21-2)22-8-11-24-9-4-3-5-10-24/h6-7,12,14H,3-5,8-11,13H2,1-2H3,(H2,21,22,23). The van der Waals surface area contributed by atoms with Crippen LogP contribution in [-0.2, 0) is 0 Å². The van der Waals surface area contributed by atoms with Gasteiger partial charge in [0.25, 0.3) is 0 Å². The lowest BCUT2D eigenvalue weighted by Crippen LogP contribution is -2.43. The minimum absolute atomic E-state index is 0.0562. The van der Waals surface area contributed by atoms with Crippen molar-refractivity contribution in [2.75, 3.05) is 39.8 Å². The lowest BCUT2D eigenvalue weighted by atomic mass is 10.0. The molecule has 0 spiro atoms. The van der Waals surface area contributed by atoms with Crippen molar-refractivity contribution in [1.82, 2.24) is 15.5 Å². The van der Waals surface area contributed by atoms with Gasteiger partial charge in [0.2, 0.25) is 0 Å². The lowest BCUT2D eigenvalue weighted by molar-refractivity contribution is 0.232. The van der Waals surface area contributed by atoms with Crippen LogP contribution in [0.15, 0.2) is 23.2 Å². The SMILES string of the molecule is CN=C(NCCN1CCCCC1)NCC(C)c1ccc(F)c(F)c1. The van der Waals surface area contributed by atoms with E-state index in [-0.39, 0.29) is 5.92 Å². The minimum atomic E-state index is -0.811. The topological polar surface area (TPSA) is 39.7 Å². The number of hydrogen-bond acceptors (Lipinski definition) is 2. The zero-order valence-corrected chi connectivity index (χ0v) is 14.6. The van der Waals surface area contributed by atoms with Gasteiger partial charge in [-0.15, -0.1) is 0 Å². The highest BCUT2D eigenvalue weighted by Crippen LogP contribution is 2.17.